The Labute approximate surface area is 267 Å². The number of carboxylic acid groups (broad SMARTS) is 1. The third kappa shape index (κ3) is 5.36. The fourth-order valence-corrected chi connectivity index (χ4v) is 8.66. The van der Waals surface area contributed by atoms with E-state index in [1.54, 1.807) is 45.9 Å². The average molecular weight is 643 g/mol. The molecule has 3 fully saturated rings. The van der Waals surface area contributed by atoms with Crippen LogP contribution >= 0.6 is 0 Å². The first-order valence-electron chi connectivity index (χ1n) is 15.8. The highest BCUT2D eigenvalue weighted by Crippen LogP contribution is 2.71. The fourth-order valence-electron chi connectivity index (χ4n) is 8.66. The van der Waals surface area contributed by atoms with Gasteiger partial charge >= 0.3 is 17.9 Å². The molecule has 250 valence electrons. The van der Waals surface area contributed by atoms with E-state index in [1.165, 1.54) is 24.3 Å². The third-order valence-electron chi connectivity index (χ3n) is 10.9. The standard InChI is InChI=1S/C28H37FO7.C7H6O3/c1-6-23(33)35-15-22(32)28(36-24(34)7-2)16(3)12-20-19-9-8-17-13-18(30)10-11-25(17,4)27(19,29)21(31)14-26(20,28)5;8-6-4-2-1-3-5(6)7(9)10/h10-11,13,16,19-21,31H,6-9,12,14-15H2,1-5H3;1-4,8H,(H,9,10)/t16-,19-,20-,21-,25-,26-,27?,28-;/m0./s1. The predicted molar refractivity (Wildman–Crippen MR) is 163 cm³/mol. The van der Waals surface area contributed by atoms with Crippen molar-refractivity contribution < 1.29 is 53.2 Å². The fraction of sp³-hybridized carbons (Fsp3) is 0.571. The Balaban J connectivity index is 0.000000409. The van der Waals surface area contributed by atoms with E-state index >= 15 is 4.39 Å². The van der Waals surface area contributed by atoms with Gasteiger partial charge in [0.15, 0.2) is 23.7 Å². The number of aromatic carboxylic acids is 1. The number of alkyl halides is 1. The summed E-state index contributed by atoms with van der Waals surface area (Å²) in [6.07, 6.45) is 4.32. The van der Waals surface area contributed by atoms with Gasteiger partial charge in [0.2, 0.25) is 5.78 Å². The molecule has 5 rings (SSSR count). The van der Waals surface area contributed by atoms with Crippen LogP contribution in [0.1, 0.15) is 83.5 Å². The van der Waals surface area contributed by atoms with Crippen molar-refractivity contribution in [2.24, 2.45) is 28.6 Å². The van der Waals surface area contributed by atoms with E-state index in [1.807, 2.05) is 6.92 Å². The molecule has 1 aromatic carbocycles. The molecule has 11 heteroatoms. The molecule has 4 aliphatic carbocycles. The van der Waals surface area contributed by atoms with Crippen LogP contribution in [0.2, 0.25) is 0 Å². The molecule has 0 aromatic heterocycles. The van der Waals surface area contributed by atoms with Gasteiger partial charge in [-0.05, 0) is 62.8 Å². The third-order valence-corrected chi connectivity index (χ3v) is 10.9. The molecular weight excluding hydrogens is 599 g/mol. The van der Waals surface area contributed by atoms with Crippen molar-refractivity contribution in [3.63, 3.8) is 0 Å². The molecule has 0 bridgehead atoms. The van der Waals surface area contributed by atoms with Crippen molar-refractivity contribution in [3.8, 4) is 5.75 Å². The summed E-state index contributed by atoms with van der Waals surface area (Å²) in [6, 6.07) is 5.81. The van der Waals surface area contributed by atoms with E-state index in [0.29, 0.717) is 24.8 Å². The molecule has 0 radical (unpaired) electrons. The molecule has 1 aromatic rings. The molecule has 0 aliphatic heterocycles. The molecule has 0 spiro atoms. The molecule has 3 saturated carbocycles. The number of halogens is 1. The van der Waals surface area contributed by atoms with Gasteiger partial charge in [0.1, 0.15) is 11.3 Å². The topological polar surface area (TPSA) is 164 Å². The van der Waals surface area contributed by atoms with Gasteiger partial charge in [-0.15, -0.1) is 0 Å². The highest BCUT2D eigenvalue weighted by atomic mass is 19.1. The van der Waals surface area contributed by atoms with E-state index in [2.05, 4.69) is 0 Å². The van der Waals surface area contributed by atoms with Gasteiger partial charge in [-0.25, -0.2) is 9.18 Å². The number of fused-ring (bicyclic) bond motifs is 5. The zero-order chi connectivity index (χ0) is 34.2. The van der Waals surface area contributed by atoms with Gasteiger partial charge < -0.3 is 24.8 Å². The molecule has 10 nitrogen and oxygen atoms in total. The Kier molecular flexibility index (Phi) is 9.69. The van der Waals surface area contributed by atoms with Crippen molar-refractivity contribution in [1.82, 2.24) is 0 Å². The lowest BCUT2D eigenvalue weighted by Gasteiger charge is -2.62. The van der Waals surface area contributed by atoms with Gasteiger partial charge in [0.05, 0.1) is 6.10 Å². The Morgan fingerprint density at radius 2 is 1.70 bits per heavy atom. The van der Waals surface area contributed by atoms with Crippen LogP contribution in [-0.2, 0) is 28.7 Å². The summed E-state index contributed by atoms with van der Waals surface area (Å²) in [7, 11) is 0. The Hall–Kier alpha value is -3.86. The second kappa shape index (κ2) is 12.7. The molecule has 0 amide bonds. The monoisotopic (exact) mass is 642 g/mol. The van der Waals surface area contributed by atoms with Crippen LogP contribution in [0.4, 0.5) is 4.39 Å². The minimum absolute atomic E-state index is 0.0430. The van der Waals surface area contributed by atoms with Crippen molar-refractivity contribution in [1.29, 1.82) is 0 Å². The van der Waals surface area contributed by atoms with Gasteiger partial charge in [0, 0.05) is 35.5 Å². The molecule has 1 unspecified atom stereocenters. The smallest absolute Gasteiger partial charge is 0.339 e. The summed E-state index contributed by atoms with van der Waals surface area (Å²) < 4.78 is 28.5. The summed E-state index contributed by atoms with van der Waals surface area (Å²) in [5.74, 6) is -4.62. The quantitative estimate of drug-likeness (QED) is 0.348. The Bertz CT molecular complexity index is 1480. The number of phenols is 1. The average Bonchev–Trinajstić information content (AvgIpc) is 3.23. The number of rotatable bonds is 7. The van der Waals surface area contributed by atoms with Crippen LogP contribution in [0.3, 0.4) is 0 Å². The zero-order valence-corrected chi connectivity index (χ0v) is 26.9. The van der Waals surface area contributed by atoms with E-state index in [4.69, 9.17) is 19.7 Å². The van der Waals surface area contributed by atoms with E-state index in [9.17, 15) is 29.1 Å². The first-order chi connectivity index (χ1) is 21.5. The van der Waals surface area contributed by atoms with Crippen molar-refractivity contribution >= 4 is 29.5 Å². The molecule has 3 N–H and O–H groups in total. The number of hydrogen-bond acceptors (Lipinski definition) is 9. The Morgan fingerprint density at radius 1 is 1.04 bits per heavy atom. The number of aliphatic hydroxyl groups excluding tert-OH is 1. The maximum atomic E-state index is 17.4. The molecule has 8 atom stereocenters. The molecular formula is C35H43FO10. The number of ketones is 2. The predicted octanol–water partition coefficient (Wildman–Crippen LogP) is 4.91. The minimum Gasteiger partial charge on any atom is -0.507 e. The number of para-hydroxylation sites is 1. The first kappa shape index (κ1) is 35.0. The normalized spacial score (nSPS) is 35.7. The molecule has 0 heterocycles. The van der Waals surface area contributed by atoms with Crippen LogP contribution in [0.25, 0.3) is 0 Å². The highest BCUT2D eigenvalue weighted by molar-refractivity contribution is 6.01. The molecule has 46 heavy (non-hydrogen) atoms. The molecule has 4 aliphatic rings. The number of carboxylic acids is 1. The lowest BCUT2D eigenvalue weighted by atomic mass is 9.44. The van der Waals surface area contributed by atoms with Crippen molar-refractivity contribution in [3.05, 3.63) is 53.6 Å². The lowest BCUT2D eigenvalue weighted by Crippen LogP contribution is -2.70. The number of aliphatic hydroxyl groups is 1. The van der Waals surface area contributed by atoms with Crippen LogP contribution in [-0.4, -0.2) is 68.8 Å². The van der Waals surface area contributed by atoms with Crippen LogP contribution in [0, 0.1) is 28.6 Å². The van der Waals surface area contributed by atoms with E-state index < -0.39 is 70.3 Å². The van der Waals surface area contributed by atoms with Gasteiger partial charge in [-0.2, -0.15) is 0 Å². The zero-order valence-electron chi connectivity index (χ0n) is 26.9. The van der Waals surface area contributed by atoms with Gasteiger partial charge in [-0.1, -0.05) is 51.5 Å². The van der Waals surface area contributed by atoms with Gasteiger partial charge in [-0.3, -0.25) is 19.2 Å². The van der Waals surface area contributed by atoms with Gasteiger partial charge in [0.25, 0.3) is 0 Å². The molecule has 0 saturated heterocycles. The van der Waals surface area contributed by atoms with Crippen LogP contribution in [0.5, 0.6) is 5.75 Å². The van der Waals surface area contributed by atoms with E-state index in [-0.39, 0.29) is 42.3 Å². The number of hydrogen-bond donors (Lipinski definition) is 3. The van der Waals surface area contributed by atoms with Crippen molar-refractivity contribution in [2.45, 2.75) is 90.5 Å². The first-order valence-corrected chi connectivity index (χ1v) is 15.8. The number of aromatic hydroxyl groups is 1. The van der Waals surface area contributed by atoms with Crippen LogP contribution in [0.15, 0.2) is 48.1 Å². The summed E-state index contributed by atoms with van der Waals surface area (Å²) in [5.41, 5.74) is -5.33. The van der Waals surface area contributed by atoms with E-state index in [0.717, 1.165) is 0 Å². The summed E-state index contributed by atoms with van der Waals surface area (Å²) in [4.78, 5) is 60.6. The maximum Gasteiger partial charge on any atom is 0.339 e. The SMILES string of the molecule is CCC(=O)OCC(=O)[C@@]1(OC(=O)CC)[C@@H](C)C[C@H]2[C@@H]3CCC4=CC(=O)C=C[C@]4(C)C3(F)[C@@H](O)C[C@@]21C.O=C(O)c1ccccc1O. The van der Waals surface area contributed by atoms with Crippen LogP contribution < -0.4 is 0 Å². The number of allylic oxidation sites excluding steroid dienone is 4. The van der Waals surface area contributed by atoms with Crippen molar-refractivity contribution in [2.75, 3.05) is 6.61 Å². The second-order valence-electron chi connectivity index (χ2n) is 13.2. The number of benzene rings is 1. The number of carbonyl (C=O) groups excluding carboxylic acids is 4. The number of carbonyl (C=O) groups is 5. The lowest BCUT2D eigenvalue weighted by molar-refractivity contribution is -0.228. The number of Topliss-reactive ketones (excluding diaryl/α,β-unsaturated/α-hetero) is 1. The summed E-state index contributed by atoms with van der Waals surface area (Å²) in [5, 5.41) is 28.8. The maximum absolute atomic E-state index is 17.4. The Morgan fingerprint density at radius 3 is 2.28 bits per heavy atom. The second-order valence-corrected chi connectivity index (χ2v) is 13.2. The number of ether oxygens (including phenoxy) is 2. The largest absolute Gasteiger partial charge is 0.507 e. The number of esters is 2. The summed E-state index contributed by atoms with van der Waals surface area (Å²) in [6.45, 7) is 8.05. The summed E-state index contributed by atoms with van der Waals surface area (Å²) >= 11 is 0. The minimum atomic E-state index is -2.05. The highest BCUT2D eigenvalue weighted by Gasteiger charge is 2.77.